The Kier molecular flexibility index (Phi) is 6.47. The molecule has 152 valence electrons. The van der Waals surface area contributed by atoms with Crippen LogP contribution in [0.5, 0.6) is 5.75 Å². The Bertz CT molecular complexity index is 917. The Morgan fingerprint density at radius 3 is 2.34 bits per heavy atom. The normalized spacial score (nSPS) is 15.0. The maximum atomic E-state index is 13.0. The molecule has 0 spiro atoms. The van der Waals surface area contributed by atoms with Crippen molar-refractivity contribution in [3.05, 3.63) is 64.7 Å². The van der Waals surface area contributed by atoms with Crippen molar-refractivity contribution in [2.24, 2.45) is 0 Å². The molecule has 1 N–H and O–H groups in total. The van der Waals surface area contributed by atoms with Crippen LogP contribution in [0.1, 0.15) is 54.9 Å². The first-order valence-corrected chi connectivity index (χ1v) is 9.98. The van der Waals surface area contributed by atoms with E-state index in [-0.39, 0.29) is 35.7 Å². The molecular weight excluding hydrogens is 366 g/mol. The number of carbonyl (C=O) groups excluding carboxylic acids is 3. The zero-order valence-electron chi connectivity index (χ0n) is 17.0. The van der Waals surface area contributed by atoms with Crippen molar-refractivity contribution < 1.29 is 19.5 Å². The van der Waals surface area contributed by atoms with Crippen molar-refractivity contribution in [1.82, 2.24) is 4.90 Å². The molecule has 0 fully saturated rings. The number of Topliss-reactive ketones (excluding diaryl/α,β-unsaturated/α-hetero) is 2. The summed E-state index contributed by atoms with van der Waals surface area (Å²) >= 11 is 0. The van der Waals surface area contributed by atoms with Gasteiger partial charge >= 0.3 is 0 Å². The lowest BCUT2D eigenvalue weighted by molar-refractivity contribution is -0.135. The number of hydrogen-bond acceptors (Lipinski definition) is 4. The van der Waals surface area contributed by atoms with Crippen molar-refractivity contribution in [2.45, 2.75) is 52.0 Å². The van der Waals surface area contributed by atoms with Crippen molar-refractivity contribution in [3.63, 3.8) is 0 Å². The first kappa shape index (κ1) is 20.8. The fourth-order valence-corrected chi connectivity index (χ4v) is 4.02. The summed E-state index contributed by atoms with van der Waals surface area (Å²) < 4.78 is 0. The second kappa shape index (κ2) is 9.03. The Labute approximate surface area is 171 Å². The van der Waals surface area contributed by atoms with Gasteiger partial charge in [-0.2, -0.15) is 0 Å². The van der Waals surface area contributed by atoms with E-state index >= 15 is 0 Å². The quantitative estimate of drug-likeness (QED) is 0.744. The van der Waals surface area contributed by atoms with Gasteiger partial charge in [-0.05, 0) is 67.0 Å². The number of hydrogen-bond donors (Lipinski definition) is 1. The average Bonchev–Trinajstić information content (AvgIpc) is 3.03. The van der Waals surface area contributed by atoms with E-state index in [1.807, 2.05) is 30.3 Å². The highest BCUT2D eigenvalue weighted by molar-refractivity contribution is 5.85. The number of fused-ring (bicyclic) bond motifs is 1. The SMILES string of the molecule is CC(=O)Cc1ccc(CN(CC(C)=O)C(=O)CC2CCc3cc(O)ccc32)cc1. The third kappa shape index (κ3) is 5.53. The minimum Gasteiger partial charge on any atom is -0.508 e. The van der Waals surface area contributed by atoms with Crippen molar-refractivity contribution in [3.8, 4) is 5.75 Å². The second-order valence-corrected chi connectivity index (χ2v) is 7.97. The minimum atomic E-state index is -0.0525. The zero-order valence-corrected chi connectivity index (χ0v) is 17.0. The summed E-state index contributed by atoms with van der Waals surface area (Å²) in [5.74, 6) is 0.381. The van der Waals surface area contributed by atoms with E-state index in [1.165, 1.54) is 6.92 Å². The molecule has 0 aliphatic heterocycles. The monoisotopic (exact) mass is 393 g/mol. The summed E-state index contributed by atoms with van der Waals surface area (Å²) in [5, 5.41) is 9.65. The largest absolute Gasteiger partial charge is 0.508 e. The summed E-state index contributed by atoms with van der Waals surface area (Å²) in [6.07, 6.45) is 2.48. The van der Waals surface area contributed by atoms with Gasteiger partial charge in [0, 0.05) is 19.4 Å². The molecule has 29 heavy (non-hydrogen) atoms. The summed E-state index contributed by atoms with van der Waals surface area (Å²) in [5.41, 5.74) is 4.09. The highest BCUT2D eigenvalue weighted by Crippen LogP contribution is 2.37. The van der Waals surface area contributed by atoms with E-state index in [0.717, 1.165) is 35.1 Å². The molecule has 0 saturated carbocycles. The molecule has 1 amide bonds. The smallest absolute Gasteiger partial charge is 0.223 e. The molecule has 1 atom stereocenters. The summed E-state index contributed by atoms with van der Waals surface area (Å²) in [6.45, 7) is 3.50. The van der Waals surface area contributed by atoms with E-state index in [1.54, 1.807) is 24.0 Å². The van der Waals surface area contributed by atoms with Crippen LogP contribution < -0.4 is 0 Å². The molecule has 1 aliphatic carbocycles. The maximum Gasteiger partial charge on any atom is 0.223 e. The number of carbonyl (C=O) groups is 3. The van der Waals surface area contributed by atoms with Crippen LogP contribution in [0.25, 0.3) is 0 Å². The molecule has 2 aromatic rings. The average molecular weight is 393 g/mol. The number of phenolic OH excluding ortho intramolecular Hbond substituents is 1. The van der Waals surface area contributed by atoms with Gasteiger partial charge in [0.2, 0.25) is 5.91 Å². The third-order valence-corrected chi connectivity index (χ3v) is 5.37. The van der Waals surface area contributed by atoms with Gasteiger partial charge in [0.05, 0.1) is 6.54 Å². The van der Waals surface area contributed by atoms with E-state index in [0.29, 0.717) is 19.4 Å². The lowest BCUT2D eigenvalue weighted by Gasteiger charge is -2.24. The maximum absolute atomic E-state index is 13.0. The topological polar surface area (TPSA) is 74.7 Å². The number of aryl methyl sites for hydroxylation is 1. The highest BCUT2D eigenvalue weighted by Gasteiger charge is 2.27. The van der Waals surface area contributed by atoms with Crippen LogP contribution >= 0.6 is 0 Å². The van der Waals surface area contributed by atoms with Gasteiger partial charge in [-0.15, -0.1) is 0 Å². The Hall–Kier alpha value is -2.95. The van der Waals surface area contributed by atoms with E-state index in [4.69, 9.17) is 0 Å². The summed E-state index contributed by atoms with van der Waals surface area (Å²) in [6, 6.07) is 12.9. The minimum absolute atomic E-state index is 0.0427. The highest BCUT2D eigenvalue weighted by atomic mass is 16.3. The molecule has 0 radical (unpaired) electrons. The first-order valence-electron chi connectivity index (χ1n) is 9.98. The number of benzene rings is 2. The molecule has 1 aliphatic rings. The van der Waals surface area contributed by atoms with Crippen LogP contribution in [0.15, 0.2) is 42.5 Å². The number of ketones is 2. The van der Waals surface area contributed by atoms with Crippen molar-refractivity contribution >= 4 is 17.5 Å². The number of aromatic hydroxyl groups is 1. The molecule has 5 nitrogen and oxygen atoms in total. The van der Waals surface area contributed by atoms with Crippen LogP contribution in [-0.2, 0) is 33.8 Å². The van der Waals surface area contributed by atoms with Gasteiger partial charge in [-0.3, -0.25) is 14.4 Å². The van der Waals surface area contributed by atoms with Crippen LogP contribution in [0.4, 0.5) is 0 Å². The van der Waals surface area contributed by atoms with Gasteiger partial charge in [0.25, 0.3) is 0 Å². The molecule has 5 heteroatoms. The number of phenols is 1. The van der Waals surface area contributed by atoms with E-state index in [2.05, 4.69) is 0 Å². The molecule has 0 bridgehead atoms. The van der Waals surface area contributed by atoms with Gasteiger partial charge in [0.1, 0.15) is 17.3 Å². The standard InChI is InChI=1S/C24H27NO4/c1-16(26)11-18-3-5-19(6-4-18)15-25(14-17(2)27)24(29)13-21-8-7-20-12-22(28)9-10-23(20)21/h3-6,9-10,12,21,28H,7-8,11,13-15H2,1-2H3. The Morgan fingerprint density at radius 1 is 1.00 bits per heavy atom. The molecule has 3 rings (SSSR count). The fourth-order valence-electron chi connectivity index (χ4n) is 4.02. The predicted molar refractivity (Wildman–Crippen MR) is 111 cm³/mol. The molecule has 0 saturated heterocycles. The van der Waals surface area contributed by atoms with Crippen LogP contribution in [0, 0.1) is 0 Å². The second-order valence-electron chi connectivity index (χ2n) is 7.97. The predicted octanol–water partition coefficient (Wildman–Crippen LogP) is 3.56. The van der Waals surface area contributed by atoms with Crippen LogP contribution in [0.3, 0.4) is 0 Å². The lowest BCUT2D eigenvalue weighted by Crippen LogP contribution is -2.35. The van der Waals surface area contributed by atoms with Gasteiger partial charge in [-0.1, -0.05) is 30.3 Å². The van der Waals surface area contributed by atoms with Gasteiger partial charge in [0.15, 0.2) is 0 Å². The van der Waals surface area contributed by atoms with E-state index in [9.17, 15) is 19.5 Å². The summed E-state index contributed by atoms with van der Waals surface area (Å²) in [4.78, 5) is 37.6. The van der Waals surface area contributed by atoms with Crippen LogP contribution in [0.2, 0.25) is 0 Å². The fraction of sp³-hybridized carbons (Fsp3) is 0.375. The van der Waals surface area contributed by atoms with Crippen molar-refractivity contribution in [1.29, 1.82) is 0 Å². The first-order chi connectivity index (χ1) is 13.8. The number of nitrogens with zero attached hydrogens (tertiary/aromatic N) is 1. The van der Waals surface area contributed by atoms with E-state index < -0.39 is 0 Å². The van der Waals surface area contributed by atoms with Crippen LogP contribution in [-0.4, -0.2) is 34.0 Å². The van der Waals surface area contributed by atoms with Gasteiger partial charge < -0.3 is 10.0 Å². The zero-order chi connectivity index (χ0) is 21.0. The Morgan fingerprint density at radius 2 is 1.69 bits per heavy atom. The molecule has 0 aromatic heterocycles. The van der Waals surface area contributed by atoms with Crippen molar-refractivity contribution in [2.75, 3.05) is 6.54 Å². The molecular formula is C24H27NO4. The lowest BCUT2D eigenvalue weighted by atomic mass is 9.97. The number of rotatable bonds is 8. The molecule has 0 heterocycles. The third-order valence-electron chi connectivity index (χ3n) is 5.37. The molecule has 2 aromatic carbocycles. The Balaban J connectivity index is 1.69. The molecule has 1 unspecified atom stereocenters. The summed E-state index contributed by atoms with van der Waals surface area (Å²) in [7, 11) is 0. The number of amides is 1. The van der Waals surface area contributed by atoms with Gasteiger partial charge in [-0.25, -0.2) is 0 Å².